The molecule has 8 rings (SSSR count). The fraction of sp³-hybridized carbons (Fsp3) is 0.270. The zero-order valence-electron chi connectivity index (χ0n) is 26.7. The Morgan fingerprint density at radius 3 is 2.51 bits per heavy atom. The number of carbonyl (C=O) groups is 4. The molecule has 246 valence electrons. The molecule has 4 amide bonds. The maximum atomic E-state index is 13.5. The number of hydrogen-bond acceptors (Lipinski definition) is 8. The molecule has 3 aliphatic heterocycles. The number of primary amides is 1. The van der Waals surface area contributed by atoms with Crippen molar-refractivity contribution >= 4 is 40.3 Å². The van der Waals surface area contributed by atoms with E-state index < -0.39 is 17.9 Å². The van der Waals surface area contributed by atoms with Crippen LogP contribution in [0.5, 0.6) is 0 Å². The van der Waals surface area contributed by atoms with Crippen LogP contribution in [-0.4, -0.2) is 67.4 Å². The summed E-state index contributed by atoms with van der Waals surface area (Å²) in [6, 6.07) is 18.5. The fourth-order valence-corrected chi connectivity index (χ4v) is 7.43. The number of fused-ring (bicyclic) bond motifs is 2. The Morgan fingerprint density at radius 1 is 0.918 bits per heavy atom. The fourth-order valence-electron chi connectivity index (χ4n) is 7.43. The van der Waals surface area contributed by atoms with Gasteiger partial charge in [-0.15, -0.1) is 0 Å². The van der Waals surface area contributed by atoms with Crippen molar-refractivity contribution < 1.29 is 19.2 Å². The summed E-state index contributed by atoms with van der Waals surface area (Å²) in [4.78, 5) is 63.7. The zero-order chi connectivity index (χ0) is 33.6. The molecule has 0 radical (unpaired) electrons. The first-order valence-electron chi connectivity index (χ1n) is 16.5. The minimum absolute atomic E-state index is 0.191. The SMILES string of the molecule is NC(=O)c1cccc(N2CCC(n3cc(-c4cnc5ccccc5n4)cn3)CC2)c1Cc1cccc2c1CN(C1CCC(=O)NC1=O)C2=O. The van der Waals surface area contributed by atoms with Crippen molar-refractivity contribution in [3.63, 3.8) is 0 Å². The minimum atomic E-state index is -0.702. The Kier molecular flexibility index (Phi) is 7.62. The van der Waals surface area contributed by atoms with E-state index >= 15 is 0 Å². The third-order valence-corrected chi connectivity index (χ3v) is 9.99. The molecule has 12 nitrogen and oxygen atoms in total. The number of carbonyl (C=O) groups excluding carboxylic acids is 4. The summed E-state index contributed by atoms with van der Waals surface area (Å²) in [6.45, 7) is 1.76. The van der Waals surface area contributed by atoms with Gasteiger partial charge in [-0.05, 0) is 66.3 Å². The Morgan fingerprint density at radius 2 is 1.71 bits per heavy atom. The number of amides is 4. The Labute approximate surface area is 281 Å². The van der Waals surface area contributed by atoms with Crippen LogP contribution in [0.3, 0.4) is 0 Å². The van der Waals surface area contributed by atoms with Crippen LogP contribution in [0.25, 0.3) is 22.3 Å². The van der Waals surface area contributed by atoms with Gasteiger partial charge in [-0.25, -0.2) is 4.98 Å². The van der Waals surface area contributed by atoms with E-state index in [1.54, 1.807) is 23.2 Å². The smallest absolute Gasteiger partial charge is 0.255 e. The number of benzene rings is 3. The van der Waals surface area contributed by atoms with Crippen molar-refractivity contribution in [2.75, 3.05) is 18.0 Å². The second-order valence-electron chi connectivity index (χ2n) is 12.9. The van der Waals surface area contributed by atoms with Crippen LogP contribution < -0.4 is 16.0 Å². The Bertz CT molecular complexity index is 2150. The van der Waals surface area contributed by atoms with E-state index in [1.165, 1.54) is 0 Å². The summed E-state index contributed by atoms with van der Waals surface area (Å²) in [7, 11) is 0. The molecule has 12 heteroatoms. The summed E-state index contributed by atoms with van der Waals surface area (Å²) < 4.78 is 2.02. The monoisotopic (exact) mass is 654 g/mol. The first kappa shape index (κ1) is 30.4. The van der Waals surface area contributed by atoms with Gasteiger partial charge in [0.25, 0.3) is 5.91 Å². The number of nitrogens with one attached hydrogen (secondary N) is 1. The molecule has 2 saturated heterocycles. The molecule has 2 aromatic heterocycles. The van der Waals surface area contributed by atoms with Gasteiger partial charge in [-0.3, -0.25) is 34.2 Å². The molecule has 0 saturated carbocycles. The topological polar surface area (TPSA) is 156 Å². The first-order chi connectivity index (χ1) is 23.8. The maximum Gasteiger partial charge on any atom is 0.255 e. The van der Waals surface area contributed by atoms with E-state index in [1.807, 2.05) is 65.6 Å². The average Bonchev–Trinajstić information content (AvgIpc) is 3.74. The molecule has 0 bridgehead atoms. The van der Waals surface area contributed by atoms with Crippen molar-refractivity contribution in [3.05, 3.63) is 107 Å². The van der Waals surface area contributed by atoms with E-state index in [4.69, 9.17) is 10.7 Å². The van der Waals surface area contributed by atoms with Crippen LogP contribution in [0.4, 0.5) is 5.69 Å². The highest BCUT2D eigenvalue weighted by molar-refractivity contribution is 6.05. The highest BCUT2D eigenvalue weighted by Crippen LogP contribution is 2.36. The molecular weight excluding hydrogens is 620 g/mol. The largest absolute Gasteiger partial charge is 0.371 e. The molecule has 5 aromatic rings. The van der Waals surface area contributed by atoms with Crippen molar-refractivity contribution in [2.45, 2.75) is 50.7 Å². The number of anilines is 1. The molecule has 3 aromatic carbocycles. The van der Waals surface area contributed by atoms with Gasteiger partial charge in [0.2, 0.25) is 17.7 Å². The van der Waals surface area contributed by atoms with Gasteiger partial charge in [0.1, 0.15) is 6.04 Å². The number of nitrogens with two attached hydrogens (primary N) is 1. The maximum absolute atomic E-state index is 13.5. The van der Waals surface area contributed by atoms with Gasteiger partial charge in [-0.2, -0.15) is 5.10 Å². The predicted molar refractivity (Wildman–Crippen MR) is 181 cm³/mol. The summed E-state index contributed by atoms with van der Waals surface area (Å²) in [5.41, 5.74) is 13.8. The van der Waals surface area contributed by atoms with Gasteiger partial charge in [0.15, 0.2) is 0 Å². The second kappa shape index (κ2) is 12.3. The van der Waals surface area contributed by atoms with Crippen molar-refractivity contribution in [3.8, 4) is 11.3 Å². The standard InChI is InChI=1S/C37H34N8O4/c38-35(47)25-6-4-10-32(27(25)17-22-5-3-7-26-28(22)21-44(37(26)49)33-11-12-34(46)42-36(33)48)43-15-13-24(14-16-43)45-20-23(18-40-45)31-19-39-29-8-1-2-9-30(29)41-31/h1-10,18-20,24,33H,11-17,21H2,(H2,38,47)(H,42,46,48). The molecule has 49 heavy (non-hydrogen) atoms. The Balaban J connectivity index is 1.02. The van der Waals surface area contributed by atoms with Gasteiger partial charge in [0, 0.05) is 61.1 Å². The van der Waals surface area contributed by atoms with Crippen LogP contribution >= 0.6 is 0 Å². The van der Waals surface area contributed by atoms with Gasteiger partial charge in [0.05, 0.1) is 35.2 Å². The van der Waals surface area contributed by atoms with Gasteiger partial charge < -0.3 is 15.5 Å². The quantitative estimate of drug-likeness (QED) is 0.251. The van der Waals surface area contributed by atoms with E-state index in [0.717, 1.165) is 70.6 Å². The molecule has 0 spiro atoms. The Hall–Kier alpha value is -5.91. The number of nitrogens with zero attached hydrogens (tertiary/aromatic N) is 6. The molecule has 5 heterocycles. The first-order valence-corrected chi connectivity index (χ1v) is 16.5. The number of rotatable bonds is 7. The molecule has 3 N–H and O–H groups in total. The van der Waals surface area contributed by atoms with Crippen LogP contribution in [-0.2, 0) is 22.6 Å². The van der Waals surface area contributed by atoms with E-state index in [2.05, 4.69) is 20.3 Å². The normalized spacial score (nSPS) is 18.2. The lowest BCUT2D eigenvalue weighted by Crippen LogP contribution is -2.52. The minimum Gasteiger partial charge on any atom is -0.371 e. The summed E-state index contributed by atoms with van der Waals surface area (Å²) in [5, 5.41) is 7.05. The third-order valence-electron chi connectivity index (χ3n) is 9.99. The molecular formula is C37H34N8O4. The summed E-state index contributed by atoms with van der Waals surface area (Å²) in [5.74, 6) is -1.51. The van der Waals surface area contributed by atoms with Crippen LogP contribution in [0.15, 0.2) is 79.3 Å². The van der Waals surface area contributed by atoms with E-state index in [-0.39, 0.29) is 30.8 Å². The molecule has 2 fully saturated rings. The lowest BCUT2D eigenvalue weighted by Gasteiger charge is -2.35. The number of aromatic nitrogens is 4. The number of imide groups is 1. The van der Waals surface area contributed by atoms with Gasteiger partial charge in [-0.1, -0.05) is 30.3 Å². The molecule has 1 unspecified atom stereocenters. The lowest BCUT2D eigenvalue weighted by atomic mass is 9.92. The van der Waals surface area contributed by atoms with E-state index in [0.29, 0.717) is 24.0 Å². The van der Waals surface area contributed by atoms with E-state index in [9.17, 15) is 19.2 Å². The number of piperidine rings is 2. The van der Waals surface area contributed by atoms with Crippen molar-refractivity contribution in [1.82, 2.24) is 30.0 Å². The number of hydrogen-bond donors (Lipinski definition) is 2. The lowest BCUT2D eigenvalue weighted by molar-refractivity contribution is -0.136. The highest BCUT2D eigenvalue weighted by atomic mass is 16.2. The number of para-hydroxylation sites is 2. The molecule has 1 atom stereocenters. The summed E-state index contributed by atoms with van der Waals surface area (Å²) >= 11 is 0. The third kappa shape index (κ3) is 5.58. The molecule has 0 aliphatic carbocycles. The second-order valence-corrected chi connectivity index (χ2v) is 12.9. The van der Waals surface area contributed by atoms with Crippen molar-refractivity contribution in [2.24, 2.45) is 5.73 Å². The summed E-state index contributed by atoms with van der Waals surface area (Å²) in [6.07, 6.45) is 8.23. The van der Waals surface area contributed by atoms with Crippen molar-refractivity contribution in [1.29, 1.82) is 0 Å². The van der Waals surface area contributed by atoms with Crippen LogP contribution in [0, 0.1) is 0 Å². The zero-order valence-corrected chi connectivity index (χ0v) is 26.7. The highest BCUT2D eigenvalue weighted by Gasteiger charge is 2.40. The van der Waals surface area contributed by atoms with Crippen LogP contribution in [0.1, 0.15) is 69.1 Å². The predicted octanol–water partition coefficient (Wildman–Crippen LogP) is 3.79. The average molecular weight is 655 g/mol. The molecule has 3 aliphatic rings. The van der Waals surface area contributed by atoms with Crippen LogP contribution in [0.2, 0.25) is 0 Å². The van der Waals surface area contributed by atoms with Gasteiger partial charge >= 0.3 is 0 Å².